The molecule has 188 valence electrons. The summed E-state index contributed by atoms with van der Waals surface area (Å²) in [5.41, 5.74) is -0.216. The van der Waals surface area contributed by atoms with Crippen LogP contribution in [0.1, 0.15) is 63.2 Å². The van der Waals surface area contributed by atoms with Crippen LogP contribution in [0.5, 0.6) is 5.75 Å². The maximum Gasteiger partial charge on any atom is 0.326 e. The Morgan fingerprint density at radius 2 is 1.91 bits per heavy atom. The monoisotopic (exact) mass is 485 g/mol. The van der Waals surface area contributed by atoms with Gasteiger partial charge in [0.25, 0.3) is 11.8 Å². The lowest BCUT2D eigenvalue weighted by atomic mass is 9.65. The lowest BCUT2D eigenvalue weighted by Gasteiger charge is -2.42. The average molecular weight is 486 g/mol. The first kappa shape index (κ1) is 24.7. The van der Waals surface area contributed by atoms with E-state index in [1.807, 2.05) is 0 Å². The fourth-order valence-electron chi connectivity index (χ4n) is 5.00. The van der Waals surface area contributed by atoms with E-state index in [1.165, 1.54) is 12.1 Å². The predicted molar refractivity (Wildman–Crippen MR) is 125 cm³/mol. The van der Waals surface area contributed by atoms with E-state index in [1.54, 1.807) is 6.07 Å². The Bertz CT molecular complexity index is 1070. The smallest absolute Gasteiger partial charge is 0.326 e. The number of amides is 4. The Labute approximate surface area is 203 Å². The van der Waals surface area contributed by atoms with Gasteiger partial charge >= 0.3 is 12.0 Å². The molecule has 1 aromatic carbocycles. The van der Waals surface area contributed by atoms with Crippen molar-refractivity contribution in [3.8, 4) is 5.75 Å². The Morgan fingerprint density at radius 1 is 1.20 bits per heavy atom. The molecular weight excluding hydrogens is 454 g/mol. The van der Waals surface area contributed by atoms with Gasteiger partial charge in [0.2, 0.25) is 0 Å². The maximum atomic E-state index is 13.1. The zero-order chi connectivity index (χ0) is 25.4. The van der Waals surface area contributed by atoms with Crippen LogP contribution in [0.4, 0.5) is 10.5 Å². The Hall–Kier alpha value is -3.43. The lowest BCUT2D eigenvalue weighted by molar-refractivity contribution is -0.147. The van der Waals surface area contributed by atoms with Gasteiger partial charge in [-0.3, -0.25) is 24.1 Å². The third kappa shape index (κ3) is 4.87. The van der Waals surface area contributed by atoms with Crippen LogP contribution in [-0.4, -0.2) is 59.8 Å². The number of imide groups is 1. The van der Waals surface area contributed by atoms with Gasteiger partial charge in [-0.1, -0.05) is 27.2 Å². The molecule has 2 N–H and O–H groups in total. The third-order valence-electron chi connectivity index (χ3n) is 7.69. The number of rotatable bonds is 7. The molecule has 10 heteroatoms. The first-order chi connectivity index (χ1) is 16.5. The van der Waals surface area contributed by atoms with Gasteiger partial charge in [-0.15, -0.1) is 0 Å². The lowest BCUT2D eigenvalue weighted by Crippen LogP contribution is -2.51. The van der Waals surface area contributed by atoms with Gasteiger partial charge in [-0.05, 0) is 55.2 Å². The molecule has 1 aliphatic carbocycles. The topological polar surface area (TPSA) is 131 Å². The van der Waals surface area contributed by atoms with E-state index in [2.05, 4.69) is 31.4 Å². The molecule has 2 heterocycles. The number of hydrogen-bond acceptors (Lipinski definition) is 7. The van der Waals surface area contributed by atoms with Crippen LogP contribution in [-0.2, 0) is 19.1 Å². The normalized spacial score (nSPS) is 23.9. The highest BCUT2D eigenvalue weighted by molar-refractivity contribution is 6.09. The van der Waals surface area contributed by atoms with Crippen LogP contribution in [0, 0.1) is 11.3 Å². The van der Waals surface area contributed by atoms with E-state index in [0.29, 0.717) is 30.2 Å². The van der Waals surface area contributed by atoms with Gasteiger partial charge in [0, 0.05) is 5.56 Å². The molecular formula is C25H31N3O7. The summed E-state index contributed by atoms with van der Waals surface area (Å²) in [4.78, 5) is 62.8. The van der Waals surface area contributed by atoms with Crippen molar-refractivity contribution in [2.75, 3.05) is 25.1 Å². The number of anilines is 1. The minimum absolute atomic E-state index is 0.0979. The molecule has 1 aromatic rings. The molecule has 3 aliphatic rings. The zero-order valence-electron chi connectivity index (χ0n) is 20.3. The van der Waals surface area contributed by atoms with Crippen LogP contribution in [0.2, 0.25) is 0 Å². The van der Waals surface area contributed by atoms with Crippen molar-refractivity contribution >= 4 is 35.3 Å². The van der Waals surface area contributed by atoms with Crippen molar-refractivity contribution in [1.82, 2.24) is 10.2 Å². The summed E-state index contributed by atoms with van der Waals surface area (Å²) in [7, 11) is 0. The number of esters is 1. The molecule has 0 aromatic heterocycles. The first-order valence-electron chi connectivity index (χ1n) is 11.9. The van der Waals surface area contributed by atoms with E-state index < -0.39 is 42.4 Å². The quantitative estimate of drug-likeness (QED) is 0.345. The zero-order valence-corrected chi connectivity index (χ0v) is 20.3. The van der Waals surface area contributed by atoms with Gasteiger partial charge in [0.15, 0.2) is 19.0 Å². The maximum absolute atomic E-state index is 13.1. The van der Waals surface area contributed by atoms with Crippen molar-refractivity contribution in [3.63, 3.8) is 0 Å². The molecule has 0 unspecified atom stereocenters. The second kappa shape index (κ2) is 9.31. The summed E-state index contributed by atoms with van der Waals surface area (Å²) >= 11 is 0. The molecule has 0 bridgehead atoms. The summed E-state index contributed by atoms with van der Waals surface area (Å²) in [5.74, 6) is -1.18. The summed E-state index contributed by atoms with van der Waals surface area (Å²) < 4.78 is 10.3. The number of Topliss-reactive ketones (excluding diaryl/α,β-unsaturated/α-hetero) is 1. The Morgan fingerprint density at radius 3 is 2.60 bits per heavy atom. The largest absolute Gasteiger partial charge is 0.482 e. The minimum Gasteiger partial charge on any atom is -0.482 e. The van der Waals surface area contributed by atoms with Gasteiger partial charge in [0.05, 0.1) is 5.69 Å². The summed E-state index contributed by atoms with van der Waals surface area (Å²) in [6.07, 6.45) is 3.76. The van der Waals surface area contributed by atoms with Crippen molar-refractivity contribution in [2.45, 2.75) is 58.4 Å². The van der Waals surface area contributed by atoms with E-state index >= 15 is 0 Å². The SMILES string of the molecule is CCC(C)(C)C1CCC2(CC1)NC(=O)N(CC(=O)OCC(=O)c1ccc3c(c1)NC(=O)CO3)C2=O. The van der Waals surface area contributed by atoms with Gasteiger partial charge in [0.1, 0.15) is 17.8 Å². The number of nitrogens with one attached hydrogen (secondary N) is 2. The second-order valence-corrected chi connectivity index (χ2v) is 10.2. The molecule has 1 saturated carbocycles. The average Bonchev–Trinajstić information content (AvgIpc) is 3.06. The number of ether oxygens (including phenoxy) is 2. The Kier molecular flexibility index (Phi) is 6.57. The van der Waals surface area contributed by atoms with Crippen molar-refractivity contribution < 1.29 is 33.4 Å². The molecule has 2 fully saturated rings. The van der Waals surface area contributed by atoms with E-state index in [9.17, 15) is 24.0 Å². The molecule has 10 nitrogen and oxygen atoms in total. The van der Waals surface area contributed by atoms with Crippen LogP contribution >= 0.6 is 0 Å². The second-order valence-electron chi connectivity index (χ2n) is 10.2. The van der Waals surface area contributed by atoms with Crippen LogP contribution in [0.15, 0.2) is 18.2 Å². The molecule has 35 heavy (non-hydrogen) atoms. The van der Waals surface area contributed by atoms with Crippen molar-refractivity contribution in [2.24, 2.45) is 11.3 Å². The molecule has 1 spiro atoms. The number of hydrogen-bond donors (Lipinski definition) is 2. The first-order valence-corrected chi connectivity index (χ1v) is 11.9. The van der Waals surface area contributed by atoms with Crippen LogP contribution < -0.4 is 15.4 Å². The summed E-state index contributed by atoms with van der Waals surface area (Å²) in [6.45, 7) is 5.39. The number of ketones is 1. The highest BCUT2D eigenvalue weighted by Gasteiger charge is 2.53. The van der Waals surface area contributed by atoms with E-state index in [-0.39, 0.29) is 23.5 Å². The summed E-state index contributed by atoms with van der Waals surface area (Å²) in [5, 5.41) is 5.41. The highest BCUT2D eigenvalue weighted by Crippen LogP contribution is 2.45. The number of carbonyl (C=O) groups is 5. The highest BCUT2D eigenvalue weighted by atomic mass is 16.5. The number of nitrogens with zero attached hydrogens (tertiary/aromatic N) is 1. The van der Waals surface area contributed by atoms with Crippen LogP contribution in [0.3, 0.4) is 0 Å². The third-order valence-corrected chi connectivity index (χ3v) is 7.69. The fraction of sp³-hybridized carbons (Fsp3) is 0.560. The number of benzene rings is 1. The van der Waals surface area contributed by atoms with Gasteiger partial charge in [-0.25, -0.2) is 4.79 Å². The number of fused-ring (bicyclic) bond motifs is 1. The van der Waals surface area contributed by atoms with Crippen molar-refractivity contribution in [1.29, 1.82) is 0 Å². The Balaban J connectivity index is 1.31. The van der Waals surface area contributed by atoms with E-state index in [0.717, 1.165) is 24.2 Å². The molecule has 4 amide bonds. The van der Waals surface area contributed by atoms with Crippen LogP contribution in [0.25, 0.3) is 0 Å². The molecule has 0 radical (unpaired) electrons. The van der Waals surface area contributed by atoms with E-state index in [4.69, 9.17) is 9.47 Å². The molecule has 1 saturated heterocycles. The molecule has 2 aliphatic heterocycles. The molecule has 4 rings (SSSR count). The molecule has 0 atom stereocenters. The predicted octanol–water partition coefficient (Wildman–Crippen LogP) is 2.66. The summed E-state index contributed by atoms with van der Waals surface area (Å²) in [6, 6.07) is 3.88. The minimum atomic E-state index is -0.969. The van der Waals surface area contributed by atoms with Gasteiger partial charge < -0.3 is 20.1 Å². The number of urea groups is 1. The van der Waals surface area contributed by atoms with Crippen molar-refractivity contribution in [3.05, 3.63) is 23.8 Å². The number of carbonyl (C=O) groups excluding carboxylic acids is 5. The fourth-order valence-corrected chi connectivity index (χ4v) is 5.00. The standard InChI is InChI=1S/C25H31N3O7/c1-4-24(2,3)16-7-9-25(10-8-16)22(32)28(23(33)27-25)12-21(31)35-13-18(29)15-5-6-19-17(11-15)26-20(30)14-34-19/h5-6,11,16H,4,7-10,12-14H2,1-3H3,(H,26,30)(H,27,33). The van der Waals surface area contributed by atoms with Gasteiger partial charge in [-0.2, -0.15) is 0 Å².